The molecule has 0 saturated carbocycles. The van der Waals surface area contributed by atoms with Gasteiger partial charge in [-0.2, -0.15) is 0 Å². The lowest BCUT2D eigenvalue weighted by molar-refractivity contribution is 0.601. The van der Waals surface area contributed by atoms with Gasteiger partial charge < -0.3 is 10.6 Å². The van der Waals surface area contributed by atoms with Crippen molar-refractivity contribution in [2.45, 2.75) is 18.4 Å². The van der Waals surface area contributed by atoms with Gasteiger partial charge in [-0.05, 0) is 72.5 Å². The van der Waals surface area contributed by atoms with Crippen molar-refractivity contribution in [2.24, 2.45) is 0 Å². The summed E-state index contributed by atoms with van der Waals surface area (Å²) in [4.78, 5) is 1.29. The number of rotatable bonds is 6. The minimum absolute atomic E-state index is 0.136. The zero-order chi connectivity index (χ0) is 20.1. The van der Waals surface area contributed by atoms with E-state index in [2.05, 4.69) is 15.4 Å². The molecule has 9 heteroatoms. The SMILES string of the molecule is Cc1ccc(S(=O)(=O)Nc2ccc(Cl)cc2)cc1NC(=S)NCc1cccs1. The van der Waals surface area contributed by atoms with E-state index in [1.54, 1.807) is 53.8 Å². The summed E-state index contributed by atoms with van der Waals surface area (Å²) in [6, 6.07) is 15.3. The molecule has 146 valence electrons. The summed E-state index contributed by atoms with van der Waals surface area (Å²) in [5.41, 5.74) is 1.95. The van der Waals surface area contributed by atoms with Crippen molar-refractivity contribution >= 4 is 61.7 Å². The van der Waals surface area contributed by atoms with Crippen LogP contribution >= 0.6 is 35.2 Å². The van der Waals surface area contributed by atoms with Gasteiger partial charge in [0.15, 0.2) is 5.11 Å². The van der Waals surface area contributed by atoms with E-state index >= 15 is 0 Å². The van der Waals surface area contributed by atoms with Crippen molar-refractivity contribution in [3.63, 3.8) is 0 Å². The molecule has 1 aromatic heterocycles. The normalized spacial score (nSPS) is 11.1. The van der Waals surface area contributed by atoms with E-state index in [0.29, 0.717) is 28.1 Å². The summed E-state index contributed by atoms with van der Waals surface area (Å²) >= 11 is 12.8. The lowest BCUT2D eigenvalue weighted by Crippen LogP contribution is -2.28. The molecule has 0 amide bonds. The van der Waals surface area contributed by atoms with Gasteiger partial charge in [-0.1, -0.05) is 23.7 Å². The first-order valence-electron chi connectivity index (χ1n) is 8.30. The van der Waals surface area contributed by atoms with Crippen molar-refractivity contribution in [3.05, 3.63) is 75.4 Å². The number of aryl methyl sites for hydroxylation is 1. The molecule has 0 unspecified atom stereocenters. The maximum absolute atomic E-state index is 12.7. The molecule has 0 aliphatic heterocycles. The summed E-state index contributed by atoms with van der Waals surface area (Å²) in [5.74, 6) is 0. The molecule has 3 rings (SSSR count). The lowest BCUT2D eigenvalue weighted by atomic mass is 10.2. The average molecular weight is 452 g/mol. The Hall–Kier alpha value is -2.13. The Balaban J connectivity index is 1.72. The summed E-state index contributed by atoms with van der Waals surface area (Å²) in [6.07, 6.45) is 0. The molecular formula is C19H18ClN3O2S3. The largest absolute Gasteiger partial charge is 0.358 e. The van der Waals surface area contributed by atoms with Crippen molar-refractivity contribution in [3.8, 4) is 0 Å². The van der Waals surface area contributed by atoms with E-state index in [4.69, 9.17) is 23.8 Å². The maximum Gasteiger partial charge on any atom is 0.261 e. The van der Waals surface area contributed by atoms with Gasteiger partial charge in [0.05, 0.1) is 11.4 Å². The van der Waals surface area contributed by atoms with Crippen LogP contribution in [0.2, 0.25) is 5.02 Å². The highest BCUT2D eigenvalue weighted by Gasteiger charge is 2.16. The van der Waals surface area contributed by atoms with Gasteiger partial charge in [-0.15, -0.1) is 11.3 Å². The zero-order valence-electron chi connectivity index (χ0n) is 14.9. The second-order valence-corrected chi connectivity index (χ2v) is 9.54. The van der Waals surface area contributed by atoms with Gasteiger partial charge in [0, 0.05) is 21.3 Å². The molecule has 3 aromatic rings. The quantitative estimate of drug-likeness (QED) is 0.460. The molecule has 1 heterocycles. The molecule has 0 aliphatic rings. The van der Waals surface area contributed by atoms with Crippen molar-refractivity contribution in [2.75, 3.05) is 10.0 Å². The third-order valence-electron chi connectivity index (χ3n) is 3.87. The molecule has 0 atom stereocenters. The van der Waals surface area contributed by atoms with E-state index in [9.17, 15) is 8.42 Å². The van der Waals surface area contributed by atoms with Gasteiger partial charge in [-0.25, -0.2) is 8.42 Å². The number of hydrogen-bond donors (Lipinski definition) is 3. The van der Waals surface area contributed by atoms with Gasteiger partial charge in [0.2, 0.25) is 0 Å². The molecule has 2 aromatic carbocycles. The molecule has 5 nitrogen and oxygen atoms in total. The van der Waals surface area contributed by atoms with E-state index < -0.39 is 10.0 Å². The number of thiophene rings is 1. The number of sulfonamides is 1. The fourth-order valence-corrected chi connectivity index (χ4v) is 4.42. The van der Waals surface area contributed by atoms with Crippen LogP contribution in [-0.4, -0.2) is 13.5 Å². The highest BCUT2D eigenvalue weighted by molar-refractivity contribution is 7.92. The Morgan fingerprint density at radius 2 is 1.89 bits per heavy atom. The summed E-state index contributed by atoms with van der Waals surface area (Å²) < 4.78 is 27.9. The van der Waals surface area contributed by atoms with E-state index in [1.165, 1.54) is 0 Å². The van der Waals surface area contributed by atoms with Crippen molar-refractivity contribution in [1.82, 2.24) is 5.32 Å². The Morgan fingerprint density at radius 3 is 2.57 bits per heavy atom. The molecule has 0 saturated heterocycles. The van der Waals surface area contributed by atoms with Gasteiger partial charge in [-0.3, -0.25) is 4.72 Å². The smallest absolute Gasteiger partial charge is 0.261 e. The predicted molar refractivity (Wildman–Crippen MR) is 121 cm³/mol. The Kier molecular flexibility index (Phi) is 6.56. The van der Waals surface area contributed by atoms with Gasteiger partial charge in [0.25, 0.3) is 10.0 Å². The van der Waals surface area contributed by atoms with Crippen LogP contribution in [0.4, 0.5) is 11.4 Å². The van der Waals surface area contributed by atoms with Gasteiger partial charge >= 0.3 is 0 Å². The first-order chi connectivity index (χ1) is 13.3. The van der Waals surface area contributed by atoms with Crippen LogP contribution in [0.15, 0.2) is 64.9 Å². The molecule has 0 aliphatic carbocycles. The van der Waals surface area contributed by atoms with Crippen LogP contribution in [0.25, 0.3) is 0 Å². The minimum atomic E-state index is -3.74. The van der Waals surface area contributed by atoms with Gasteiger partial charge in [0.1, 0.15) is 0 Å². The number of thiocarbonyl (C=S) groups is 1. The standard InChI is InChI=1S/C19H18ClN3O2S3/c1-13-4-9-17(28(24,25)23-15-7-5-14(20)6-8-15)11-18(13)22-19(26)21-12-16-3-2-10-27-16/h2-11,23H,12H2,1H3,(H2,21,22,26). The van der Waals surface area contributed by atoms with E-state index in [-0.39, 0.29) is 4.90 Å². The molecular weight excluding hydrogens is 434 g/mol. The fourth-order valence-electron chi connectivity index (χ4n) is 2.38. The molecule has 0 fully saturated rings. The monoisotopic (exact) mass is 451 g/mol. The maximum atomic E-state index is 12.7. The number of anilines is 2. The number of benzene rings is 2. The Bertz CT molecular complexity index is 1070. The zero-order valence-corrected chi connectivity index (χ0v) is 18.1. The second-order valence-electron chi connectivity index (χ2n) is 5.98. The molecule has 0 radical (unpaired) electrons. The molecule has 0 spiro atoms. The predicted octanol–water partition coefficient (Wildman–Crippen LogP) is 5.00. The van der Waals surface area contributed by atoms with Crippen LogP contribution in [0.1, 0.15) is 10.4 Å². The molecule has 0 bridgehead atoms. The first-order valence-corrected chi connectivity index (χ1v) is 11.4. The fraction of sp³-hybridized carbons (Fsp3) is 0.105. The van der Waals surface area contributed by atoms with Crippen molar-refractivity contribution in [1.29, 1.82) is 0 Å². The van der Waals surface area contributed by atoms with Crippen molar-refractivity contribution < 1.29 is 8.42 Å². The van der Waals surface area contributed by atoms with E-state index in [1.807, 2.05) is 24.4 Å². The Labute approximate surface area is 178 Å². The minimum Gasteiger partial charge on any atom is -0.358 e. The number of hydrogen-bond acceptors (Lipinski definition) is 4. The first kappa shape index (κ1) is 20.6. The van der Waals surface area contributed by atoms with Crippen LogP contribution in [0.5, 0.6) is 0 Å². The summed E-state index contributed by atoms with van der Waals surface area (Å²) in [5, 5.41) is 9.15. The third-order valence-corrected chi connectivity index (χ3v) is 6.62. The highest BCUT2D eigenvalue weighted by Crippen LogP contribution is 2.23. The summed E-state index contributed by atoms with van der Waals surface area (Å²) in [6.45, 7) is 2.49. The number of halogens is 1. The lowest BCUT2D eigenvalue weighted by Gasteiger charge is -2.14. The molecule has 3 N–H and O–H groups in total. The van der Waals surface area contributed by atoms with Crippen LogP contribution in [0, 0.1) is 6.92 Å². The van der Waals surface area contributed by atoms with Crippen LogP contribution < -0.4 is 15.4 Å². The van der Waals surface area contributed by atoms with Crippen LogP contribution in [0.3, 0.4) is 0 Å². The summed E-state index contributed by atoms with van der Waals surface area (Å²) in [7, 11) is -3.74. The second kappa shape index (κ2) is 8.91. The van der Waals surface area contributed by atoms with E-state index in [0.717, 1.165) is 10.4 Å². The number of nitrogens with one attached hydrogen (secondary N) is 3. The topological polar surface area (TPSA) is 70.2 Å². The van der Waals surface area contributed by atoms with Crippen LogP contribution in [-0.2, 0) is 16.6 Å². The Morgan fingerprint density at radius 1 is 1.14 bits per heavy atom. The highest BCUT2D eigenvalue weighted by atomic mass is 35.5. The molecule has 28 heavy (non-hydrogen) atoms. The average Bonchev–Trinajstić information content (AvgIpc) is 3.17. The third kappa shape index (κ3) is 5.45.